The second-order valence-electron chi connectivity index (χ2n) is 10.5. The fourth-order valence-electron chi connectivity index (χ4n) is 5.26. The molecule has 2 saturated heterocycles. The number of sulfonamides is 1. The molecule has 210 valence electrons. The Morgan fingerprint density at radius 2 is 1.87 bits per heavy atom. The van der Waals surface area contributed by atoms with Crippen molar-refractivity contribution >= 4 is 56.4 Å². The minimum absolute atomic E-state index is 0. The van der Waals surface area contributed by atoms with E-state index in [0.717, 1.165) is 59.1 Å². The fourth-order valence-corrected chi connectivity index (χ4v) is 6.70. The molecule has 2 aliphatic rings. The van der Waals surface area contributed by atoms with Gasteiger partial charge in [0.2, 0.25) is 15.9 Å². The maximum absolute atomic E-state index is 12.7. The monoisotopic (exact) mass is 589 g/mol. The number of aromatic nitrogens is 1. The third kappa shape index (κ3) is 6.00. The highest BCUT2D eigenvalue weighted by Crippen LogP contribution is 2.37. The largest absolute Gasteiger partial charge is 0.389 e. The number of rotatable bonds is 8. The van der Waals surface area contributed by atoms with Crippen molar-refractivity contribution in [3.63, 3.8) is 0 Å². The lowest BCUT2D eigenvalue weighted by Gasteiger charge is -2.33. The fraction of sp³-hybridized carbons (Fsp3) is 0.429. The van der Waals surface area contributed by atoms with E-state index < -0.39 is 15.3 Å². The Bertz CT molecular complexity index is 1480. The molecule has 3 heterocycles. The predicted molar refractivity (Wildman–Crippen MR) is 163 cm³/mol. The van der Waals surface area contributed by atoms with Gasteiger partial charge in [0, 0.05) is 67.0 Å². The summed E-state index contributed by atoms with van der Waals surface area (Å²) in [5.74, 6) is 0.121. The molecule has 0 bridgehead atoms. The molecule has 8 nitrogen and oxygen atoms in total. The van der Waals surface area contributed by atoms with Crippen molar-refractivity contribution < 1.29 is 13.2 Å². The molecule has 11 heteroatoms. The van der Waals surface area contributed by atoms with Crippen LogP contribution in [-0.4, -0.2) is 59.6 Å². The number of benzene rings is 2. The number of nitrogens with two attached hydrogens (primary N) is 1. The van der Waals surface area contributed by atoms with Gasteiger partial charge in [-0.1, -0.05) is 42.5 Å². The van der Waals surface area contributed by atoms with E-state index in [1.807, 2.05) is 18.2 Å². The van der Waals surface area contributed by atoms with Crippen LogP contribution in [0.4, 0.5) is 0 Å². The Kier molecular flexibility index (Phi) is 9.02. The van der Waals surface area contributed by atoms with Crippen LogP contribution in [-0.2, 0) is 21.4 Å². The highest BCUT2D eigenvalue weighted by molar-refractivity contribution is 7.89. The minimum Gasteiger partial charge on any atom is -0.389 e. The summed E-state index contributed by atoms with van der Waals surface area (Å²) < 4.78 is 29.4. The average Bonchev–Trinajstić information content (AvgIpc) is 3.25. The molecule has 2 aliphatic heterocycles. The summed E-state index contributed by atoms with van der Waals surface area (Å²) >= 11 is 5.21. The van der Waals surface area contributed by atoms with Gasteiger partial charge < -0.3 is 20.9 Å². The maximum Gasteiger partial charge on any atom is 0.225 e. The maximum atomic E-state index is 12.7. The number of hydrogen-bond donors (Lipinski definition) is 3. The van der Waals surface area contributed by atoms with E-state index in [4.69, 9.17) is 18.0 Å². The van der Waals surface area contributed by atoms with Crippen LogP contribution < -0.4 is 16.4 Å². The first-order valence-corrected chi connectivity index (χ1v) is 15.1. The molecule has 2 aromatic carbocycles. The van der Waals surface area contributed by atoms with E-state index in [2.05, 4.69) is 45.7 Å². The number of amides is 1. The zero-order chi connectivity index (χ0) is 27.0. The number of carbonyl (C=O) groups excluding carboxylic acids is 1. The molecule has 4 N–H and O–H groups in total. The first-order chi connectivity index (χ1) is 18.1. The number of piperidine rings is 1. The van der Waals surface area contributed by atoms with Gasteiger partial charge in [0.15, 0.2) is 0 Å². The van der Waals surface area contributed by atoms with Gasteiger partial charge in [-0.15, -0.1) is 12.4 Å². The predicted octanol–water partition coefficient (Wildman–Crippen LogP) is 3.58. The Morgan fingerprint density at radius 1 is 1.15 bits per heavy atom. The molecule has 0 spiro atoms. The van der Waals surface area contributed by atoms with Crippen molar-refractivity contribution in [3.8, 4) is 11.1 Å². The van der Waals surface area contributed by atoms with E-state index in [9.17, 15) is 13.2 Å². The number of thiocarbonyl (C=S) groups is 1. The van der Waals surface area contributed by atoms with E-state index in [0.29, 0.717) is 24.6 Å². The molecule has 1 aromatic heterocycles. The number of nitrogens with one attached hydrogen (secondary N) is 2. The van der Waals surface area contributed by atoms with Crippen molar-refractivity contribution in [2.75, 3.05) is 26.2 Å². The van der Waals surface area contributed by atoms with Crippen molar-refractivity contribution in [3.05, 3.63) is 59.8 Å². The first kappa shape index (κ1) is 29.5. The molecule has 0 radical (unpaired) electrons. The summed E-state index contributed by atoms with van der Waals surface area (Å²) in [6.07, 6.45) is 3.64. The van der Waals surface area contributed by atoms with Gasteiger partial charge in [-0.2, -0.15) is 0 Å². The van der Waals surface area contributed by atoms with Crippen LogP contribution in [0.2, 0.25) is 0 Å². The van der Waals surface area contributed by atoms with Gasteiger partial charge in [-0.05, 0) is 49.9 Å². The molecule has 5 rings (SSSR count). The van der Waals surface area contributed by atoms with Gasteiger partial charge >= 0.3 is 0 Å². The van der Waals surface area contributed by atoms with Crippen LogP contribution in [0.5, 0.6) is 0 Å². The first-order valence-electron chi connectivity index (χ1n) is 13.2. The number of nitrogens with zero attached hydrogens (tertiary/aromatic N) is 2. The van der Waals surface area contributed by atoms with Crippen LogP contribution in [0.25, 0.3) is 22.0 Å². The Morgan fingerprint density at radius 3 is 2.49 bits per heavy atom. The van der Waals surface area contributed by atoms with Gasteiger partial charge in [0.25, 0.3) is 0 Å². The molecule has 0 aliphatic carbocycles. The van der Waals surface area contributed by atoms with Crippen molar-refractivity contribution in [1.29, 1.82) is 0 Å². The Balaban J connectivity index is 0.00000353. The summed E-state index contributed by atoms with van der Waals surface area (Å²) in [5, 5.41) is 6.88. The molecule has 0 unspecified atom stereocenters. The van der Waals surface area contributed by atoms with Crippen LogP contribution in [0.15, 0.2) is 48.7 Å². The average molecular weight is 590 g/mol. The van der Waals surface area contributed by atoms with Crippen LogP contribution >= 0.6 is 24.6 Å². The smallest absolute Gasteiger partial charge is 0.225 e. The van der Waals surface area contributed by atoms with E-state index in [1.54, 1.807) is 18.2 Å². The van der Waals surface area contributed by atoms with E-state index in [-0.39, 0.29) is 30.3 Å². The third-order valence-corrected chi connectivity index (χ3v) is 10.3. The topological polar surface area (TPSA) is 109 Å². The summed E-state index contributed by atoms with van der Waals surface area (Å²) in [5.41, 5.74) is 10.9. The van der Waals surface area contributed by atoms with Crippen molar-refractivity contribution in [1.82, 2.24) is 19.5 Å². The Labute approximate surface area is 241 Å². The quantitative estimate of drug-likeness (QED) is 0.347. The molecular formula is C28H36ClN5O3S2. The lowest BCUT2D eigenvalue weighted by molar-refractivity contribution is -0.126. The number of hydrogen-bond acceptors (Lipinski definition) is 5. The lowest BCUT2D eigenvalue weighted by Crippen LogP contribution is -2.50. The second-order valence-corrected chi connectivity index (χ2v) is 13.5. The number of halogens is 1. The standard InChI is InChI=1S/C28H35N5O3S2.ClH/c1-18(2)38(35,36)32-10-8-23(9-11-32)33-17-25(20-4-3-5-21(13-20)27(29)37)24-7-6-19(12-26(24)33)14-31-28(34)22-15-30-16-22;/h3-7,12-13,17-18,22-23,30H,8-11,14-16H2,1-2H3,(H2,29,37)(H,31,34);1H. The van der Waals surface area contributed by atoms with Crippen LogP contribution in [0, 0.1) is 5.92 Å². The van der Waals surface area contributed by atoms with E-state index >= 15 is 0 Å². The van der Waals surface area contributed by atoms with Crippen molar-refractivity contribution in [2.24, 2.45) is 11.7 Å². The van der Waals surface area contributed by atoms with Crippen LogP contribution in [0.3, 0.4) is 0 Å². The highest BCUT2D eigenvalue weighted by atomic mass is 35.5. The van der Waals surface area contributed by atoms with Gasteiger partial charge in [0.1, 0.15) is 4.99 Å². The Hall–Kier alpha value is -2.50. The van der Waals surface area contributed by atoms with E-state index in [1.165, 1.54) is 0 Å². The molecule has 3 aromatic rings. The third-order valence-electron chi connectivity index (χ3n) is 7.75. The lowest BCUT2D eigenvalue weighted by atomic mass is 10.0. The van der Waals surface area contributed by atoms with Crippen LogP contribution in [0.1, 0.15) is 43.9 Å². The summed E-state index contributed by atoms with van der Waals surface area (Å²) in [4.78, 5) is 12.7. The minimum atomic E-state index is -3.27. The van der Waals surface area contributed by atoms with Gasteiger partial charge in [0.05, 0.1) is 11.2 Å². The summed E-state index contributed by atoms with van der Waals surface area (Å²) in [6.45, 7) is 6.39. The second kappa shape index (κ2) is 11.9. The SMILES string of the molecule is CC(C)S(=O)(=O)N1CCC(n2cc(-c3cccc(C(N)=S)c3)c3ccc(CNC(=O)C4CNC4)cc32)CC1.Cl. The zero-order valence-corrected chi connectivity index (χ0v) is 24.7. The normalized spacial score (nSPS) is 17.1. The summed E-state index contributed by atoms with van der Waals surface area (Å²) in [7, 11) is -3.27. The summed E-state index contributed by atoms with van der Waals surface area (Å²) in [6, 6.07) is 14.4. The molecule has 1 amide bonds. The molecule has 0 atom stereocenters. The van der Waals surface area contributed by atoms with Crippen molar-refractivity contribution in [2.45, 2.75) is 44.5 Å². The highest BCUT2D eigenvalue weighted by Gasteiger charge is 2.31. The zero-order valence-electron chi connectivity index (χ0n) is 22.2. The molecule has 39 heavy (non-hydrogen) atoms. The molecule has 0 saturated carbocycles. The number of carbonyl (C=O) groups is 1. The van der Waals surface area contributed by atoms with Gasteiger partial charge in [-0.25, -0.2) is 12.7 Å². The number of fused-ring (bicyclic) bond motifs is 1. The molecule has 2 fully saturated rings. The van der Waals surface area contributed by atoms with Gasteiger partial charge in [-0.3, -0.25) is 4.79 Å². The molecular weight excluding hydrogens is 554 g/mol.